The lowest BCUT2D eigenvalue weighted by Crippen LogP contribution is -2.40. The van der Waals surface area contributed by atoms with E-state index in [1.165, 1.54) is 0 Å². The maximum absolute atomic E-state index is 11.7. The standard InChI is InChI=1S/C11H19F3N2O2/c1-2-16(9-3-4-9)10(17)7-15-5-6-18-8-11(12,13)14/h9,15H,2-8H2,1H3. The van der Waals surface area contributed by atoms with E-state index in [0.29, 0.717) is 12.6 Å². The van der Waals surface area contributed by atoms with Gasteiger partial charge in [-0.1, -0.05) is 0 Å². The van der Waals surface area contributed by atoms with Crippen LogP contribution in [0.1, 0.15) is 19.8 Å². The molecule has 0 saturated heterocycles. The van der Waals surface area contributed by atoms with Gasteiger partial charge in [0.25, 0.3) is 0 Å². The van der Waals surface area contributed by atoms with Crippen molar-refractivity contribution >= 4 is 5.91 Å². The summed E-state index contributed by atoms with van der Waals surface area (Å²) < 4.78 is 39.6. The van der Waals surface area contributed by atoms with E-state index in [9.17, 15) is 18.0 Å². The molecule has 0 aliphatic heterocycles. The monoisotopic (exact) mass is 268 g/mol. The van der Waals surface area contributed by atoms with Gasteiger partial charge in [-0.3, -0.25) is 4.79 Å². The number of nitrogens with one attached hydrogen (secondary N) is 1. The van der Waals surface area contributed by atoms with Crippen molar-refractivity contribution < 1.29 is 22.7 Å². The first-order valence-corrected chi connectivity index (χ1v) is 6.08. The first kappa shape index (κ1) is 15.2. The Bertz CT molecular complexity index is 268. The lowest BCUT2D eigenvalue weighted by Gasteiger charge is -2.20. The van der Waals surface area contributed by atoms with Crippen LogP contribution in [0.2, 0.25) is 0 Å². The van der Waals surface area contributed by atoms with E-state index >= 15 is 0 Å². The molecule has 0 bridgehead atoms. The fourth-order valence-corrected chi connectivity index (χ4v) is 1.65. The number of ether oxygens (including phenoxy) is 1. The normalized spacial score (nSPS) is 15.8. The smallest absolute Gasteiger partial charge is 0.371 e. The largest absolute Gasteiger partial charge is 0.411 e. The van der Waals surface area contributed by atoms with Crippen molar-refractivity contribution in [3.05, 3.63) is 0 Å². The summed E-state index contributed by atoms with van der Waals surface area (Å²) in [6, 6.07) is 0.366. The van der Waals surface area contributed by atoms with Crippen molar-refractivity contribution in [3.63, 3.8) is 0 Å². The second kappa shape index (κ2) is 6.94. The van der Waals surface area contributed by atoms with Gasteiger partial charge in [0.2, 0.25) is 5.91 Å². The van der Waals surface area contributed by atoms with E-state index in [0.717, 1.165) is 12.8 Å². The van der Waals surface area contributed by atoms with Gasteiger partial charge in [0.15, 0.2) is 0 Å². The lowest BCUT2D eigenvalue weighted by atomic mass is 10.4. The molecule has 0 radical (unpaired) electrons. The molecule has 0 spiro atoms. The van der Waals surface area contributed by atoms with E-state index in [1.807, 2.05) is 6.92 Å². The van der Waals surface area contributed by atoms with Gasteiger partial charge in [-0.25, -0.2) is 0 Å². The topological polar surface area (TPSA) is 41.6 Å². The number of carbonyl (C=O) groups excluding carboxylic acids is 1. The van der Waals surface area contributed by atoms with Gasteiger partial charge in [-0.15, -0.1) is 0 Å². The zero-order valence-corrected chi connectivity index (χ0v) is 10.4. The predicted octanol–water partition coefficient (Wildman–Crippen LogP) is 1.17. The first-order valence-electron chi connectivity index (χ1n) is 6.08. The van der Waals surface area contributed by atoms with Crippen LogP contribution in [0.3, 0.4) is 0 Å². The van der Waals surface area contributed by atoms with Crippen LogP contribution in [0, 0.1) is 0 Å². The first-order chi connectivity index (χ1) is 8.44. The van der Waals surface area contributed by atoms with Crippen molar-refractivity contribution in [1.82, 2.24) is 10.2 Å². The molecule has 4 nitrogen and oxygen atoms in total. The Kier molecular flexibility index (Phi) is 5.87. The lowest BCUT2D eigenvalue weighted by molar-refractivity contribution is -0.173. The summed E-state index contributed by atoms with van der Waals surface area (Å²) in [5.74, 6) is -0.00387. The van der Waals surface area contributed by atoms with Crippen molar-refractivity contribution in [1.29, 1.82) is 0 Å². The molecule has 0 aromatic rings. The summed E-state index contributed by atoms with van der Waals surface area (Å²) in [5, 5.41) is 2.79. The second-order valence-corrected chi connectivity index (χ2v) is 4.26. The third-order valence-corrected chi connectivity index (χ3v) is 2.61. The average molecular weight is 268 g/mol. The summed E-state index contributed by atoms with van der Waals surface area (Å²) in [4.78, 5) is 13.5. The number of rotatable bonds is 8. The molecule has 1 aliphatic carbocycles. The Labute approximate surface area is 104 Å². The minimum Gasteiger partial charge on any atom is -0.371 e. The predicted molar refractivity (Wildman–Crippen MR) is 60.2 cm³/mol. The summed E-state index contributed by atoms with van der Waals surface area (Å²) in [6.07, 6.45) is -2.19. The Morgan fingerprint density at radius 2 is 2.11 bits per heavy atom. The minimum absolute atomic E-state index is 0.00387. The molecule has 0 atom stereocenters. The summed E-state index contributed by atoms with van der Waals surface area (Å²) in [5.41, 5.74) is 0. The van der Waals surface area contributed by atoms with Crippen LogP contribution in [0.5, 0.6) is 0 Å². The molecule has 1 fully saturated rings. The molecule has 0 aromatic heterocycles. The van der Waals surface area contributed by atoms with Crippen LogP contribution >= 0.6 is 0 Å². The summed E-state index contributed by atoms with van der Waals surface area (Å²) >= 11 is 0. The van der Waals surface area contributed by atoms with Gasteiger partial charge in [0.1, 0.15) is 6.61 Å². The third kappa shape index (κ3) is 6.20. The molecule has 1 aliphatic rings. The van der Waals surface area contributed by atoms with Gasteiger partial charge >= 0.3 is 6.18 Å². The SMILES string of the molecule is CCN(C(=O)CNCCOCC(F)(F)F)C1CC1. The molecule has 1 saturated carbocycles. The van der Waals surface area contributed by atoms with Crippen molar-refractivity contribution in [2.45, 2.75) is 32.0 Å². The van der Waals surface area contributed by atoms with Crippen LogP contribution in [0.25, 0.3) is 0 Å². The number of halogens is 3. The molecule has 0 unspecified atom stereocenters. The summed E-state index contributed by atoms with van der Waals surface area (Å²) in [6.45, 7) is 1.69. The second-order valence-electron chi connectivity index (χ2n) is 4.26. The van der Waals surface area contributed by atoms with E-state index in [2.05, 4.69) is 10.1 Å². The molecule has 106 valence electrons. The molecular formula is C11H19F3N2O2. The minimum atomic E-state index is -4.29. The highest BCUT2D eigenvalue weighted by Gasteiger charge is 2.30. The number of likely N-dealkylation sites (N-methyl/N-ethyl adjacent to an activating group) is 1. The van der Waals surface area contributed by atoms with Crippen molar-refractivity contribution in [2.75, 3.05) is 32.8 Å². The molecule has 1 N–H and O–H groups in total. The van der Waals surface area contributed by atoms with Gasteiger partial charge < -0.3 is 15.0 Å². The number of amides is 1. The Hall–Kier alpha value is -0.820. The fourth-order valence-electron chi connectivity index (χ4n) is 1.65. The number of hydrogen-bond donors (Lipinski definition) is 1. The van der Waals surface area contributed by atoms with Crippen LogP contribution in [-0.4, -0.2) is 55.9 Å². The van der Waals surface area contributed by atoms with E-state index in [1.54, 1.807) is 4.90 Å². The van der Waals surface area contributed by atoms with Gasteiger partial charge in [0.05, 0.1) is 13.2 Å². The van der Waals surface area contributed by atoms with E-state index in [4.69, 9.17) is 0 Å². The number of hydrogen-bond acceptors (Lipinski definition) is 3. The molecule has 0 aromatic carbocycles. The van der Waals surface area contributed by atoms with Crippen molar-refractivity contribution in [3.8, 4) is 0 Å². The van der Waals surface area contributed by atoms with E-state index < -0.39 is 12.8 Å². The maximum Gasteiger partial charge on any atom is 0.411 e. The summed E-state index contributed by atoms with van der Waals surface area (Å²) in [7, 11) is 0. The van der Waals surface area contributed by atoms with Crippen LogP contribution < -0.4 is 5.32 Å². The zero-order chi connectivity index (χ0) is 13.6. The maximum atomic E-state index is 11.7. The molecule has 0 heterocycles. The molecule has 7 heteroatoms. The molecule has 1 amide bonds. The van der Waals surface area contributed by atoms with Gasteiger partial charge in [-0.05, 0) is 19.8 Å². The van der Waals surface area contributed by atoms with Crippen LogP contribution in [0.15, 0.2) is 0 Å². The number of carbonyl (C=O) groups is 1. The third-order valence-electron chi connectivity index (χ3n) is 2.61. The zero-order valence-electron chi connectivity index (χ0n) is 10.4. The number of nitrogens with zero attached hydrogens (tertiary/aromatic N) is 1. The Balaban J connectivity index is 2.01. The number of alkyl halides is 3. The Morgan fingerprint density at radius 3 is 2.61 bits per heavy atom. The highest BCUT2D eigenvalue weighted by atomic mass is 19.4. The average Bonchev–Trinajstić information content (AvgIpc) is 3.07. The van der Waals surface area contributed by atoms with Crippen LogP contribution in [0.4, 0.5) is 13.2 Å². The van der Waals surface area contributed by atoms with E-state index in [-0.39, 0.29) is 25.6 Å². The van der Waals surface area contributed by atoms with Gasteiger partial charge in [0, 0.05) is 19.1 Å². The van der Waals surface area contributed by atoms with Gasteiger partial charge in [-0.2, -0.15) is 13.2 Å². The molecular weight excluding hydrogens is 249 g/mol. The Morgan fingerprint density at radius 1 is 1.44 bits per heavy atom. The molecule has 18 heavy (non-hydrogen) atoms. The van der Waals surface area contributed by atoms with Crippen LogP contribution in [-0.2, 0) is 9.53 Å². The highest BCUT2D eigenvalue weighted by molar-refractivity contribution is 5.78. The van der Waals surface area contributed by atoms with Crippen molar-refractivity contribution in [2.24, 2.45) is 0 Å². The fraction of sp³-hybridized carbons (Fsp3) is 0.909. The quantitative estimate of drug-likeness (QED) is 0.672. The highest BCUT2D eigenvalue weighted by Crippen LogP contribution is 2.26. The molecule has 1 rings (SSSR count).